The van der Waals surface area contributed by atoms with Gasteiger partial charge >= 0.3 is 0 Å². The molecule has 20 heavy (non-hydrogen) atoms. The Morgan fingerprint density at radius 2 is 1.95 bits per heavy atom. The van der Waals surface area contributed by atoms with Gasteiger partial charge in [-0.1, -0.05) is 6.92 Å². The fourth-order valence-electron chi connectivity index (χ4n) is 1.71. The fraction of sp³-hybridized carbons (Fsp3) is 0.562. The first-order valence-electron chi connectivity index (χ1n) is 7.01. The van der Waals surface area contributed by atoms with Crippen molar-refractivity contribution in [2.75, 3.05) is 5.73 Å². The van der Waals surface area contributed by atoms with Crippen LogP contribution in [0, 0.1) is 13.8 Å². The molecule has 0 saturated heterocycles. The molecule has 1 unspecified atom stereocenters. The van der Waals surface area contributed by atoms with Crippen molar-refractivity contribution in [3.63, 3.8) is 0 Å². The molecule has 112 valence electrons. The maximum atomic E-state index is 12.1. The fourth-order valence-corrected chi connectivity index (χ4v) is 1.71. The van der Waals surface area contributed by atoms with Crippen molar-refractivity contribution in [3.8, 4) is 5.75 Å². The number of carbonyl (C=O) groups excluding carboxylic acids is 1. The lowest BCUT2D eigenvalue weighted by molar-refractivity contribution is -0.129. The summed E-state index contributed by atoms with van der Waals surface area (Å²) in [4.78, 5) is 12.1. The van der Waals surface area contributed by atoms with Crippen molar-refractivity contribution in [1.82, 2.24) is 5.32 Å². The van der Waals surface area contributed by atoms with E-state index >= 15 is 0 Å². The second kappa shape index (κ2) is 6.16. The van der Waals surface area contributed by atoms with Gasteiger partial charge in [0.2, 0.25) is 0 Å². The van der Waals surface area contributed by atoms with Crippen LogP contribution in [0.2, 0.25) is 0 Å². The molecule has 0 aliphatic carbocycles. The molecule has 4 heteroatoms. The first kappa shape index (κ1) is 16.3. The van der Waals surface area contributed by atoms with Crippen LogP contribution in [0.15, 0.2) is 12.1 Å². The number of nitrogens with one attached hydrogen (secondary N) is 1. The van der Waals surface area contributed by atoms with Crippen LogP contribution in [0.1, 0.15) is 45.2 Å². The Morgan fingerprint density at radius 1 is 1.35 bits per heavy atom. The summed E-state index contributed by atoms with van der Waals surface area (Å²) in [5, 5.41) is 2.98. The minimum atomic E-state index is -0.539. The third kappa shape index (κ3) is 4.15. The third-order valence-corrected chi connectivity index (χ3v) is 3.58. The Hall–Kier alpha value is -1.71. The molecule has 3 N–H and O–H groups in total. The summed E-state index contributed by atoms with van der Waals surface area (Å²) in [6, 6.07) is 3.74. The van der Waals surface area contributed by atoms with Crippen molar-refractivity contribution in [3.05, 3.63) is 23.3 Å². The number of nitrogen functional groups attached to an aromatic ring is 1. The van der Waals surface area contributed by atoms with Crippen LogP contribution in [0.5, 0.6) is 5.75 Å². The lowest BCUT2D eigenvalue weighted by Gasteiger charge is -2.27. The summed E-state index contributed by atoms with van der Waals surface area (Å²) in [5.41, 5.74) is 8.24. The molecule has 1 aromatic carbocycles. The van der Waals surface area contributed by atoms with Gasteiger partial charge in [0.15, 0.2) is 6.10 Å². The molecule has 4 nitrogen and oxygen atoms in total. The Bertz CT molecular complexity index is 495. The SMILES string of the molecule is CCC(C)(C)NC(=O)C(C)Oc1cc(C)c(N)cc1C. The molecule has 0 heterocycles. The highest BCUT2D eigenvalue weighted by atomic mass is 16.5. The van der Waals surface area contributed by atoms with E-state index in [0.717, 1.165) is 23.2 Å². The van der Waals surface area contributed by atoms with Gasteiger partial charge in [0.05, 0.1) is 0 Å². The molecule has 1 aromatic rings. The van der Waals surface area contributed by atoms with E-state index < -0.39 is 6.10 Å². The predicted molar refractivity (Wildman–Crippen MR) is 82.9 cm³/mol. The standard InChI is InChI=1S/C16H26N2O2/c1-7-16(5,6)18-15(19)12(4)20-14-9-10(2)13(17)8-11(14)3/h8-9,12H,7,17H2,1-6H3,(H,18,19). The maximum absolute atomic E-state index is 12.1. The minimum absolute atomic E-state index is 0.106. The molecule has 1 rings (SSSR count). The van der Waals surface area contributed by atoms with Crippen LogP contribution in [0.25, 0.3) is 0 Å². The van der Waals surface area contributed by atoms with Gasteiger partial charge in [0.1, 0.15) is 5.75 Å². The molecular weight excluding hydrogens is 252 g/mol. The number of aryl methyl sites for hydroxylation is 2. The molecule has 1 atom stereocenters. The molecule has 0 fully saturated rings. The summed E-state index contributed by atoms with van der Waals surface area (Å²) in [6.45, 7) is 11.6. The Labute approximate surface area is 121 Å². The highest BCUT2D eigenvalue weighted by Gasteiger charge is 2.23. The second-order valence-corrected chi connectivity index (χ2v) is 5.96. The van der Waals surface area contributed by atoms with Crippen LogP contribution < -0.4 is 15.8 Å². The Kier molecular flexibility index (Phi) is 5.03. The lowest BCUT2D eigenvalue weighted by Crippen LogP contribution is -2.48. The molecule has 0 aromatic heterocycles. The average molecular weight is 278 g/mol. The van der Waals surface area contributed by atoms with Gasteiger partial charge in [-0.3, -0.25) is 4.79 Å². The van der Waals surface area contributed by atoms with Crippen LogP contribution in [-0.4, -0.2) is 17.6 Å². The van der Waals surface area contributed by atoms with Gasteiger partial charge in [-0.05, 0) is 64.3 Å². The van der Waals surface area contributed by atoms with Gasteiger partial charge in [-0.25, -0.2) is 0 Å². The Morgan fingerprint density at radius 3 is 2.50 bits per heavy atom. The van der Waals surface area contributed by atoms with E-state index in [2.05, 4.69) is 5.32 Å². The molecule has 0 bridgehead atoms. The number of hydrogen-bond acceptors (Lipinski definition) is 3. The molecule has 1 amide bonds. The number of ether oxygens (including phenoxy) is 1. The zero-order valence-electron chi connectivity index (χ0n) is 13.3. The molecule has 0 aliphatic heterocycles. The number of rotatable bonds is 5. The smallest absolute Gasteiger partial charge is 0.261 e. The average Bonchev–Trinajstić information content (AvgIpc) is 2.35. The van der Waals surface area contributed by atoms with Crippen molar-refractivity contribution < 1.29 is 9.53 Å². The monoisotopic (exact) mass is 278 g/mol. The summed E-state index contributed by atoms with van der Waals surface area (Å²) in [5.74, 6) is 0.597. The summed E-state index contributed by atoms with van der Waals surface area (Å²) >= 11 is 0. The van der Waals surface area contributed by atoms with E-state index in [1.807, 2.05) is 46.8 Å². The first-order chi connectivity index (χ1) is 9.16. The number of benzene rings is 1. The number of hydrogen-bond donors (Lipinski definition) is 2. The van der Waals surface area contributed by atoms with Crippen LogP contribution in [0.3, 0.4) is 0 Å². The zero-order chi connectivity index (χ0) is 15.5. The Balaban J connectivity index is 2.78. The molecule has 0 radical (unpaired) electrons. The van der Waals surface area contributed by atoms with E-state index in [4.69, 9.17) is 10.5 Å². The highest BCUT2D eigenvalue weighted by molar-refractivity contribution is 5.81. The quantitative estimate of drug-likeness (QED) is 0.814. The van der Waals surface area contributed by atoms with E-state index in [1.54, 1.807) is 6.92 Å². The number of carbonyl (C=O) groups is 1. The van der Waals surface area contributed by atoms with Gasteiger partial charge in [0.25, 0.3) is 5.91 Å². The van der Waals surface area contributed by atoms with Crippen molar-refractivity contribution >= 4 is 11.6 Å². The van der Waals surface area contributed by atoms with E-state index in [1.165, 1.54) is 0 Å². The first-order valence-corrected chi connectivity index (χ1v) is 7.01. The number of amides is 1. The topological polar surface area (TPSA) is 64.3 Å². The van der Waals surface area contributed by atoms with Gasteiger partial charge < -0.3 is 15.8 Å². The molecule has 0 saturated carbocycles. The molecular formula is C16H26N2O2. The van der Waals surface area contributed by atoms with Gasteiger partial charge in [0, 0.05) is 11.2 Å². The number of nitrogens with two attached hydrogens (primary N) is 1. The van der Waals surface area contributed by atoms with Crippen molar-refractivity contribution in [1.29, 1.82) is 0 Å². The van der Waals surface area contributed by atoms with E-state index in [0.29, 0.717) is 5.75 Å². The van der Waals surface area contributed by atoms with Gasteiger partial charge in [-0.2, -0.15) is 0 Å². The van der Waals surface area contributed by atoms with Crippen molar-refractivity contribution in [2.24, 2.45) is 0 Å². The minimum Gasteiger partial charge on any atom is -0.481 e. The summed E-state index contributed by atoms with van der Waals surface area (Å²) in [6.07, 6.45) is 0.327. The van der Waals surface area contributed by atoms with E-state index in [9.17, 15) is 4.79 Å². The number of anilines is 1. The zero-order valence-corrected chi connectivity index (χ0v) is 13.3. The normalized spacial score (nSPS) is 12.9. The summed E-state index contributed by atoms with van der Waals surface area (Å²) < 4.78 is 5.77. The third-order valence-electron chi connectivity index (χ3n) is 3.58. The molecule has 0 spiro atoms. The largest absolute Gasteiger partial charge is 0.481 e. The van der Waals surface area contributed by atoms with Crippen LogP contribution >= 0.6 is 0 Å². The van der Waals surface area contributed by atoms with Crippen LogP contribution in [0.4, 0.5) is 5.69 Å². The predicted octanol–water partition coefficient (Wildman–Crippen LogP) is 2.96. The molecule has 0 aliphatic rings. The van der Waals surface area contributed by atoms with Crippen molar-refractivity contribution in [2.45, 2.75) is 59.6 Å². The lowest BCUT2D eigenvalue weighted by atomic mass is 10.0. The maximum Gasteiger partial charge on any atom is 0.261 e. The van der Waals surface area contributed by atoms with Crippen LogP contribution in [-0.2, 0) is 4.79 Å². The summed E-state index contributed by atoms with van der Waals surface area (Å²) in [7, 11) is 0. The van der Waals surface area contributed by atoms with E-state index in [-0.39, 0.29) is 11.4 Å². The second-order valence-electron chi connectivity index (χ2n) is 5.96. The highest BCUT2D eigenvalue weighted by Crippen LogP contribution is 2.25. The van der Waals surface area contributed by atoms with Gasteiger partial charge in [-0.15, -0.1) is 0 Å².